The number of nitrogens with zero attached hydrogens (tertiary/aromatic N) is 2. The fraction of sp³-hybridized carbons (Fsp3) is 0.850. The normalized spacial score (nSPS) is 33.2. The summed E-state index contributed by atoms with van der Waals surface area (Å²) in [7, 11) is 0. The van der Waals surface area contributed by atoms with Crippen LogP contribution in [-0.4, -0.2) is 61.8 Å². The average Bonchev–Trinajstić information content (AvgIpc) is 2.61. The van der Waals surface area contributed by atoms with Crippen LogP contribution in [0.25, 0.3) is 0 Å². The second kappa shape index (κ2) is 8.09. The van der Waals surface area contributed by atoms with Crippen LogP contribution in [0.15, 0.2) is 17.6 Å². The number of ether oxygens (including phenoxy) is 1. The van der Waals surface area contributed by atoms with Crippen LogP contribution in [0.2, 0.25) is 0 Å². The third-order valence-electron chi connectivity index (χ3n) is 6.26. The van der Waals surface area contributed by atoms with Gasteiger partial charge in [0.2, 0.25) is 0 Å². The fourth-order valence-electron chi connectivity index (χ4n) is 4.89. The lowest BCUT2D eigenvalue weighted by atomic mass is 9.55. The highest BCUT2D eigenvalue weighted by atomic mass is 16.5. The molecule has 2 heterocycles. The Morgan fingerprint density at radius 3 is 2.72 bits per heavy atom. The second-order valence-corrected chi connectivity index (χ2v) is 8.37. The largest absolute Gasteiger partial charge is 0.377 e. The van der Waals surface area contributed by atoms with Gasteiger partial charge in [0.15, 0.2) is 5.96 Å². The number of guanidine groups is 1. The number of rotatable bonds is 5. The number of fused-ring (bicyclic) bond motifs is 1. The monoisotopic (exact) mass is 348 g/mol. The van der Waals surface area contributed by atoms with Crippen LogP contribution >= 0.6 is 0 Å². The molecule has 2 N–H and O–H groups in total. The molecule has 1 aliphatic carbocycles. The van der Waals surface area contributed by atoms with Crippen molar-refractivity contribution in [3.05, 3.63) is 12.7 Å². The summed E-state index contributed by atoms with van der Waals surface area (Å²) in [6.45, 7) is 15.6. The molecule has 0 amide bonds. The summed E-state index contributed by atoms with van der Waals surface area (Å²) < 4.78 is 6.03. The number of hydrogen-bond donors (Lipinski definition) is 2. The number of aliphatic imine (C=N–C) groups is 1. The summed E-state index contributed by atoms with van der Waals surface area (Å²) in [5.41, 5.74) is 0.175. The van der Waals surface area contributed by atoms with Crippen molar-refractivity contribution < 1.29 is 4.74 Å². The molecule has 0 aromatic heterocycles. The standard InChI is InChI=1S/C20H36N4O/c1-5-11-24-12-9-15(10-13-24)22-19(21-6-2)23-17-16-8-7-14-25-18(16)20(17,3)4/h5,15-18H,1,6-14H2,2-4H3,(H2,21,22,23). The van der Waals surface area contributed by atoms with E-state index in [9.17, 15) is 0 Å². The molecule has 3 atom stereocenters. The molecule has 3 fully saturated rings. The molecular formula is C20H36N4O. The summed E-state index contributed by atoms with van der Waals surface area (Å²) in [6.07, 6.45) is 7.20. The first-order valence-electron chi connectivity index (χ1n) is 10.1. The molecule has 0 aromatic rings. The highest BCUT2D eigenvalue weighted by Crippen LogP contribution is 2.51. The van der Waals surface area contributed by atoms with E-state index in [-0.39, 0.29) is 5.41 Å². The minimum absolute atomic E-state index is 0.175. The quantitative estimate of drug-likeness (QED) is 0.455. The molecule has 0 spiro atoms. The topological polar surface area (TPSA) is 48.9 Å². The Balaban J connectivity index is 1.55. The summed E-state index contributed by atoms with van der Waals surface area (Å²) in [5.74, 6) is 1.62. The van der Waals surface area contributed by atoms with Gasteiger partial charge in [-0.2, -0.15) is 0 Å². The van der Waals surface area contributed by atoms with Crippen LogP contribution in [0.5, 0.6) is 0 Å². The van der Waals surface area contributed by atoms with E-state index in [1.165, 1.54) is 25.7 Å². The molecule has 3 rings (SSSR count). The van der Waals surface area contributed by atoms with E-state index < -0.39 is 0 Å². The third-order valence-corrected chi connectivity index (χ3v) is 6.26. The first kappa shape index (κ1) is 18.7. The van der Waals surface area contributed by atoms with Crippen molar-refractivity contribution in [2.45, 2.75) is 64.6 Å². The van der Waals surface area contributed by atoms with Gasteiger partial charge >= 0.3 is 0 Å². The van der Waals surface area contributed by atoms with Crippen LogP contribution < -0.4 is 10.6 Å². The molecule has 3 aliphatic rings. The van der Waals surface area contributed by atoms with Crippen LogP contribution in [0.1, 0.15) is 46.5 Å². The summed E-state index contributed by atoms with van der Waals surface area (Å²) in [5, 5.41) is 7.45. The zero-order valence-electron chi connectivity index (χ0n) is 16.3. The van der Waals surface area contributed by atoms with Crippen LogP contribution in [-0.2, 0) is 4.74 Å². The van der Waals surface area contributed by atoms with E-state index in [0.29, 0.717) is 24.1 Å². The van der Waals surface area contributed by atoms with Gasteiger partial charge in [0.25, 0.3) is 0 Å². The molecule has 0 aromatic carbocycles. The van der Waals surface area contributed by atoms with Gasteiger partial charge in [-0.05, 0) is 32.6 Å². The zero-order chi connectivity index (χ0) is 17.9. The molecule has 0 bridgehead atoms. The Morgan fingerprint density at radius 2 is 2.04 bits per heavy atom. The van der Waals surface area contributed by atoms with E-state index in [0.717, 1.165) is 38.7 Å². The molecule has 0 radical (unpaired) electrons. The summed E-state index contributed by atoms with van der Waals surface area (Å²) in [6, 6.07) is 0.969. The lowest BCUT2D eigenvalue weighted by Crippen LogP contribution is -2.71. The van der Waals surface area contributed by atoms with Crippen molar-refractivity contribution in [3.63, 3.8) is 0 Å². The first-order valence-corrected chi connectivity index (χ1v) is 10.1. The third kappa shape index (κ3) is 4.03. The molecule has 25 heavy (non-hydrogen) atoms. The fourth-order valence-corrected chi connectivity index (χ4v) is 4.89. The lowest BCUT2D eigenvalue weighted by Gasteiger charge is -2.60. The van der Waals surface area contributed by atoms with Gasteiger partial charge in [0.05, 0.1) is 6.10 Å². The van der Waals surface area contributed by atoms with Gasteiger partial charge in [-0.3, -0.25) is 9.89 Å². The number of hydrogen-bond acceptors (Lipinski definition) is 3. The highest BCUT2D eigenvalue weighted by molar-refractivity contribution is 5.80. The van der Waals surface area contributed by atoms with Crippen molar-refractivity contribution in [2.75, 3.05) is 32.8 Å². The average molecular weight is 349 g/mol. The highest BCUT2D eigenvalue weighted by Gasteiger charge is 2.58. The molecule has 142 valence electrons. The van der Waals surface area contributed by atoms with Gasteiger partial charge < -0.3 is 15.4 Å². The van der Waals surface area contributed by atoms with E-state index in [1.807, 2.05) is 6.08 Å². The Labute approximate surface area is 153 Å². The molecule has 5 heteroatoms. The van der Waals surface area contributed by atoms with Gasteiger partial charge in [0.1, 0.15) is 0 Å². The number of piperidine rings is 1. The van der Waals surface area contributed by atoms with E-state index >= 15 is 0 Å². The van der Waals surface area contributed by atoms with Crippen LogP contribution in [0, 0.1) is 11.3 Å². The van der Waals surface area contributed by atoms with Crippen molar-refractivity contribution >= 4 is 5.96 Å². The van der Waals surface area contributed by atoms with Crippen molar-refractivity contribution in [1.29, 1.82) is 0 Å². The van der Waals surface area contributed by atoms with Crippen molar-refractivity contribution in [1.82, 2.24) is 15.5 Å². The minimum Gasteiger partial charge on any atom is -0.377 e. The van der Waals surface area contributed by atoms with Gasteiger partial charge in [-0.15, -0.1) is 6.58 Å². The van der Waals surface area contributed by atoms with Crippen LogP contribution in [0.4, 0.5) is 0 Å². The van der Waals surface area contributed by atoms with E-state index in [1.54, 1.807) is 0 Å². The van der Waals surface area contributed by atoms with E-state index in [2.05, 4.69) is 42.9 Å². The lowest BCUT2D eigenvalue weighted by molar-refractivity contribution is -0.188. The molecule has 3 unspecified atom stereocenters. The molecule has 5 nitrogen and oxygen atoms in total. The molecule has 2 aliphatic heterocycles. The van der Waals surface area contributed by atoms with Gasteiger partial charge in [-0.25, -0.2) is 0 Å². The van der Waals surface area contributed by atoms with Gasteiger partial charge in [-0.1, -0.05) is 19.9 Å². The summed E-state index contributed by atoms with van der Waals surface area (Å²) in [4.78, 5) is 7.19. The number of nitrogens with one attached hydrogen (secondary N) is 2. The maximum Gasteiger partial charge on any atom is 0.191 e. The maximum absolute atomic E-state index is 6.03. The Hall–Kier alpha value is -1.07. The van der Waals surface area contributed by atoms with Gasteiger partial charge in [0, 0.05) is 56.2 Å². The SMILES string of the molecule is C=CCN1CCC(NC(=NCC)NC2C3CCCOC3C2(C)C)CC1. The summed E-state index contributed by atoms with van der Waals surface area (Å²) >= 11 is 0. The maximum atomic E-state index is 6.03. The second-order valence-electron chi connectivity index (χ2n) is 8.37. The Kier molecular flexibility index (Phi) is 6.05. The zero-order valence-corrected chi connectivity index (χ0v) is 16.3. The van der Waals surface area contributed by atoms with Crippen molar-refractivity contribution in [3.8, 4) is 0 Å². The predicted octanol–water partition coefficient (Wildman–Crippen LogP) is 2.40. The Bertz CT molecular complexity index is 482. The molecule has 1 saturated carbocycles. The number of likely N-dealkylation sites (tertiary alicyclic amines) is 1. The first-order chi connectivity index (χ1) is 12.1. The molecule has 2 saturated heterocycles. The molecular weight excluding hydrogens is 312 g/mol. The smallest absolute Gasteiger partial charge is 0.191 e. The van der Waals surface area contributed by atoms with Crippen LogP contribution in [0.3, 0.4) is 0 Å². The van der Waals surface area contributed by atoms with E-state index in [4.69, 9.17) is 9.73 Å². The minimum atomic E-state index is 0.175. The van der Waals surface area contributed by atoms with Crippen molar-refractivity contribution in [2.24, 2.45) is 16.3 Å². The Morgan fingerprint density at radius 1 is 1.28 bits per heavy atom. The predicted molar refractivity (Wildman–Crippen MR) is 104 cm³/mol.